The number of nitrogens with one attached hydrogen (secondary N) is 4. The van der Waals surface area contributed by atoms with Gasteiger partial charge in [-0.1, -0.05) is 12.4 Å². The predicted octanol–water partition coefficient (Wildman–Crippen LogP) is 4.37. The lowest BCUT2D eigenvalue weighted by Gasteiger charge is -2.19. The summed E-state index contributed by atoms with van der Waals surface area (Å²) in [4.78, 5) is 25.5. The number of hydrogen-bond acceptors (Lipinski definition) is 6. The van der Waals surface area contributed by atoms with E-state index >= 15 is 0 Å². The van der Waals surface area contributed by atoms with Crippen molar-refractivity contribution in [2.45, 2.75) is 59.3 Å². The van der Waals surface area contributed by atoms with E-state index in [9.17, 15) is 9.59 Å². The van der Waals surface area contributed by atoms with Crippen LogP contribution in [0.5, 0.6) is 0 Å². The van der Waals surface area contributed by atoms with Crippen molar-refractivity contribution in [1.29, 1.82) is 10.7 Å². The third kappa shape index (κ3) is 7.03. The Kier molecular flexibility index (Phi) is 10.0. The first-order valence-electron chi connectivity index (χ1n) is 11.6. The van der Waals surface area contributed by atoms with Crippen LogP contribution in [0.2, 0.25) is 12.6 Å². The maximum atomic E-state index is 11.4. The van der Waals surface area contributed by atoms with E-state index in [1.807, 2.05) is 52.9 Å². The number of pyridine rings is 1. The maximum Gasteiger partial charge on any atom is 0.271 e. The maximum absolute atomic E-state index is 11.4. The lowest BCUT2D eigenvalue weighted by molar-refractivity contribution is 0.112. The van der Waals surface area contributed by atoms with E-state index in [4.69, 9.17) is 10.7 Å². The number of aldehydes is 1. The van der Waals surface area contributed by atoms with Crippen LogP contribution >= 0.6 is 0 Å². The van der Waals surface area contributed by atoms with Crippen molar-refractivity contribution in [3.8, 4) is 5.97 Å². The number of aromatic amines is 1. The summed E-state index contributed by atoms with van der Waals surface area (Å²) in [5.74, 6) is 2.31. The Morgan fingerprint density at radius 1 is 1.29 bits per heavy atom. The van der Waals surface area contributed by atoms with Crippen LogP contribution in [0.15, 0.2) is 29.1 Å². The van der Waals surface area contributed by atoms with Gasteiger partial charge in [0.05, 0.1) is 0 Å². The van der Waals surface area contributed by atoms with Crippen LogP contribution in [-0.4, -0.2) is 37.3 Å². The van der Waals surface area contributed by atoms with E-state index < -0.39 is 0 Å². The third-order valence-electron chi connectivity index (χ3n) is 5.74. The number of allylic oxidation sites excluding steroid dienone is 2. The van der Waals surface area contributed by atoms with Crippen LogP contribution < -0.4 is 16.2 Å². The Morgan fingerprint density at radius 2 is 2.03 bits per heavy atom. The average molecular weight is 459 g/mol. The van der Waals surface area contributed by atoms with Crippen LogP contribution in [0, 0.1) is 30.5 Å². The van der Waals surface area contributed by atoms with Gasteiger partial charge in [0.25, 0.3) is 12.3 Å². The van der Waals surface area contributed by atoms with E-state index in [1.54, 1.807) is 0 Å². The molecule has 0 saturated carbocycles. The van der Waals surface area contributed by atoms with Gasteiger partial charge in [-0.3, -0.25) is 9.59 Å². The first kappa shape index (κ1) is 26.8. The Labute approximate surface area is 202 Å². The van der Waals surface area contributed by atoms with Crippen molar-refractivity contribution < 1.29 is 4.79 Å². The van der Waals surface area contributed by atoms with E-state index in [0.717, 1.165) is 53.4 Å². The number of benzene rings is 1. The fourth-order valence-electron chi connectivity index (χ4n) is 4.04. The summed E-state index contributed by atoms with van der Waals surface area (Å²) in [6, 6.07) is 6.05. The molecule has 7 nitrogen and oxygen atoms in total. The van der Waals surface area contributed by atoms with Gasteiger partial charge < -0.3 is 21.0 Å². The highest BCUT2D eigenvalue weighted by molar-refractivity contribution is 6.67. The van der Waals surface area contributed by atoms with Crippen LogP contribution in [-0.2, 0) is 6.54 Å². The number of rotatable bonds is 7. The second-order valence-electron chi connectivity index (χ2n) is 8.89. The number of carbonyl (C=O) groups is 1. The normalized spacial score (nSPS) is 12.9. The number of aryl methyl sites for hydroxylation is 2. The van der Waals surface area contributed by atoms with Gasteiger partial charge in [0.15, 0.2) is 6.29 Å². The van der Waals surface area contributed by atoms with Gasteiger partial charge in [-0.25, -0.2) is 5.26 Å². The molecule has 3 rings (SSSR count). The van der Waals surface area contributed by atoms with Gasteiger partial charge in [-0.2, -0.15) is 0 Å². The van der Waals surface area contributed by atoms with E-state index in [2.05, 4.69) is 27.7 Å². The highest BCUT2D eigenvalue weighted by Gasteiger charge is 2.20. The van der Waals surface area contributed by atoms with Crippen molar-refractivity contribution in [1.82, 2.24) is 10.3 Å². The second-order valence-corrected chi connectivity index (χ2v) is 8.89. The Bertz CT molecular complexity index is 1160. The zero-order valence-corrected chi connectivity index (χ0v) is 20.7. The molecule has 0 unspecified atom stereocenters. The molecular formula is C26H34BN5O2. The molecule has 8 heteroatoms. The molecule has 1 aliphatic heterocycles. The summed E-state index contributed by atoms with van der Waals surface area (Å²) >= 11 is 0. The van der Waals surface area contributed by atoms with Crippen molar-refractivity contribution in [3.63, 3.8) is 0 Å². The molecule has 0 bridgehead atoms. The minimum Gasteiger partial charge on any atom is -0.382 e. The van der Waals surface area contributed by atoms with Gasteiger partial charge in [0, 0.05) is 52.8 Å². The Hall–Kier alpha value is -3.44. The average Bonchev–Trinajstić information content (AvgIpc) is 2.81. The minimum atomic E-state index is 0.0156. The molecule has 178 valence electrons. The highest BCUT2D eigenvalue weighted by Crippen LogP contribution is 2.31. The quantitative estimate of drug-likeness (QED) is 0.278. The van der Waals surface area contributed by atoms with Crippen LogP contribution in [0.3, 0.4) is 0 Å². The largest absolute Gasteiger partial charge is 0.382 e. The number of aromatic nitrogens is 1. The summed E-state index contributed by atoms with van der Waals surface area (Å²) < 4.78 is 0. The summed E-state index contributed by atoms with van der Waals surface area (Å²) in [6.07, 6.45) is 6.60. The summed E-state index contributed by atoms with van der Waals surface area (Å²) in [5.41, 5.74) is 6.95. The lowest BCUT2D eigenvalue weighted by Crippen LogP contribution is -2.20. The molecule has 0 fully saturated rings. The van der Waals surface area contributed by atoms with Crippen LogP contribution in [0.25, 0.3) is 5.57 Å². The van der Waals surface area contributed by atoms with Crippen molar-refractivity contribution >= 4 is 30.5 Å². The van der Waals surface area contributed by atoms with Gasteiger partial charge in [0.1, 0.15) is 0 Å². The molecule has 0 aliphatic carbocycles. The number of H-pyrrole nitrogens is 1. The van der Waals surface area contributed by atoms with Crippen LogP contribution in [0.1, 0.15) is 58.6 Å². The molecular weight excluding hydrogens is 425 g/mol. The second kappa shape index (κ2) is 12.7. The van der Waals surface area contributed by atoms with Gasteiger partial charge in [-0.15, -0.1) is 0 Å². The minimum absolute atomic E-state index is 0.0156. The van der Waals surface area contributed by atoms with Gasteiger partial charge >= 0.3 is 0 Å². The fraction of sp³-hybridized carbons (Fsp3) is 0.385. The number of anilines is 1. The molecule has 4 N–H and O–H groups in total. The van der Waals surface area contributed by atoms with Crippen molar-refractivity contribution in [3.05, 3.63) is 68.1 Å². The zero-order valence-electron chi connectivity index (χ0n) is 20.7. The molecule has 2 heterocycles. The number of hydrogen-bond donors (Lipinski definition) is 4. The number of nitrogens with zero attached hydrogens (tertiary/aromatic N) is 1. The topological polar surface area (TPSA) is 122 Å². The first-order valence-corrected chi connectivity index (χ1v) is 11.6. The molecule has 0 radical (unpaired) electrons. The Balaban J connectivity index is 0.000000287. The monoisotopic (exact) mass is 459 g/mol. The molecule has 0 atom stereocenters. The van der Waals surface area contributed by atoms with E-state index in [-0.39, 0.29) is 18.3 Å². The summed E-state index contributed by atoms with van der Waals surface area (Å²) in [5, 5.41) is 22.8. The summed E-state index contributed by atoms with van der Waals surface area (Å²) in [7, 11) is 1.83. The molecule has 0 saturated heterocycles. The Morgan fingerprint density at radius 3 is 2.53 bits per heavy atom. The van der Waals surface area contributed by atoms with Crippen LogP contribution in [0.4, 0.5) is 5.69 Å². The van der Waals surface area contributed by atoms with Crippen molar-refractivity contribution in [2.75, 3.05) is 12.4 Å². The fourth-order valence-corrected chi connectivity index (χ4v) is 4.04. The third-order valence-corrected chi connectivity index (χ3v) is 5.74. The summed E-state index contributed by atoms with van der Waals surface area (Å²) in [6.45, 7) is 8.62. The first-order chi connectivity index (χ1) is 16.2. The molecule has 0 spiro atoms. The van der Waals surface area contributed by atoms with Gasteiger partial charge in [0.2, 0.25) is 0 Å². The molecule has 34 heavy (non-hydrogen) atoms. The number of carbonyl (C=O) groups excluding carboxylic acids is 1. The molecule has 1 aromatic carbocycles. The smallest absolute Gasteiger partial charge is 0.271 e. The van der Waals surface area contributed by atoms with Crippen molar-refractivity contribution in [2.24, 2.45) is 0 Å². The SMILES string of the molecule is CC(C)Nc1cc(C2=CCB(C#N)CC2)cc(C=O)c1C=N.CNCc1c(C)cc(C)[nH]c1=O. The standard InChI is InChI=1S/C17H20BN3O.C9H14N2O/c1-12(2)21-17-8-14(7-15(10-22)16(17)9-19)13-3-5-18(11-20)6-4-13;1-6-4-7(2)11-9(12)8(6)5-10-3/h3,7-10,12,19,21H,4-6H2,1-2H3;4,10H,5H2,1-3H3,(H,11,12). The number of nitriles is 1. The molecule has 0 amide bonds. The van der Waals surface area contributed by atoms with Gasteiger partial charge in [-0.05, 0) is 82.4 Å². The molecule has 1 aromatic heterocycles. The predicted molar refractivity (Wildman–Crippen MR) is 141 cm³/mol. The zero-order chi connectivity index (χ0) is 25.3. The van der Waals surface area contributed by atoms with E-state index in [0.29, 0.717) is 17.7 Å². The molecule has 1 aliphatic rings. The van der Waals surface area contributed by atoms with E-state index in [1.165, 1.54) is 11.8 Å². The highest BCUT2D eigenvalue weighted by atomic mass is 16.1. The molecule has 2 aromatic rings. The lowest BCUT2D eigenvalue weighted by atomic mass is 9.43.